The van der Waals surface area contributed by atoms with Crippen LogP contribution in [-0.2, 0) is 6.61 Å². The van der Waals surface area contributed by atoms with Crippen molar-refractivity contribution in [3.8, 4) is 5.75 Å². The molecule has 0 atom stereocenters. The largest absolute Gasteiger partial charge is 0.487 e. The van der Waals surface area contributed by atoms with Crippen LogP contribution in [0.15, 0.2) is 30.5 Å². The van der Waals surface area contributed by atoms with E-state index in [1.54, 1.807) is 18.3 Å². The van der Waals surface area contributed by atoms with Crippen LogP contribution in [0.25, 0.3) is 0 Å². The van der Waals surface area contributed by atoms with Crippen molar-refractivity contribution in [1.29, 1.82) is 0 Å². The van der Waals surface area contributed by atoms with E-state index in [-0.39, 0.29) is 5.82 Å². The summed E-state index contributed by atoms with van der Waals surface area (Å²) >= 11 is 0. The number of hydrogen-bond donors (Lipinski definition) is 2. The van der Waals surface area contributed by atoms with Gasteiger partial charge in [-0.3, -0.25) is 0 Å². The van der Waals surface area contributed by atoms with Crippen LogP contribution in [0.5, 0.6) is 5.75 Å². The molecule has 5 heteroatoms. The predicted octanol–water partition coefficient (Wildman–Crippen LogP) is 1.71. The Balaban J connectivity index is 1.96. The van der Waals surface area contributed by atoms with Gasteiger partial charge in [0.05, 0.1) is 11.9 Å². The molecule has 0 unspecified atom stereocenters. The second-order valence-corrected chi connectivity index (χ2v) is 3.04. The van der Waals surface area contributed by atoms with Crippen molar-refractivity contribution >= 4 is 5.95 Å². The Morgan fingerprint density at radius 2 is 2.07 bits per heavy atom. The van der Waals surface area contributed by atoms with E-state index in [0.29, 0.717) is 18.3 Å². The Morgan fingerprint density at radius 1 is 1.33 bits per heavy atom. The molecule has 0 saturated heterocycles. The number of nitrogens with zero attached hydrogens (tertiary/aromatic N) is 1. The number of aromatic amines is 1. The molecule has 78 valence electrons. The SMILES string of the molecule is Nc1ncc(COc2ccc(F)cc2)[nH]1. The fourth-order valence-electron chi connectivity index (χ4n) is 1.14. The van der Waals surface area contributed by atoms with Gasteiger partial charge in [0, 0.05) is 0 Å². The minimum Gasteiger partial charge on any atom is -0.487 e. The molecule has 0 radical (unpaired) electrons. The van der Waals surface area contributed by atoms with Crippen LogP contribution in [0.3, 0.4) is 0 Å². The maximum atomic E-state index is 12.6. The minimum atomic E-state index is -0.284. The molecule has 0 fully saturated rings. The number of nitrogens with one attached hydrogen (secondary N) is 1. The first-order valence-electron chi connectivity index (χ1n) is 4.42. The summed E-state index contributed by atoms with van der Waals surface area (Å²) in [6, 6.07) is 5.82. The van der Waals surface area contributed by atoms with E-state index in [2.05, 4.69) is 9.97 Å². The van der Waals surface area contributed by atoms with E-state index < -0.39 is 0 Å². The van der Waals surface area contributed by atoms with Crippen LogP contribution < -0.4 is 10.5 Å². The Labute approximate surface area is 85.9 Å². The van der Waals surface area contributed by atoms with Crippen LogP contribution in [0.1, 0.15) is 5.69 Å². The van der Waals surface area contributed by atoms with Gasteiger partial charge in [-0.1, -0.05) is 0 Å². The summed E-state index contributed by atoms with van der Waals surface area (Å²) in [5, 5.41) is 0. The summed E-state index contributed by atoms with van der Waals surface area (Å²) in [6.07, 6.45) is 1.60. The van der Waals surface area contributed by atoms with Crippen molar-refractivity contribution in [2.45, 2.75) is 6.61 Å². The molecule has 2 aromatic rings. The average molecular weight is 207 g/mol. The molecule has 0 bridgehead atoms. The fraction of sp³-hybridized carbons (Fsp3) is 0.100. The zero-order valence-electron chi connectivity index (χ0n) is 7.90. The molecule has 0 saturated carbocycles. The van der Waals surface area contributed by atoms with E-state index in [1.807, 2.05) is 0 Å². The second kappa shape index (κ2) is 4.00. The van der Waals surface area contributed by atoms with Gasteiger partial charge < -0.3 is 15.5 Å². The number of aromatic nitrogens is 2. The first-order chi connectivity index (χ1) is 7.24. The number of ether oxygens (including phenoxy) is 1. The van der Waals surface area contributed by atoms with Crippen molar-refractivity contribution in [3.63, 3.8) is 0 Å². The molecule has 2 rings (SSSR count). The van der Waals surface area contributed by atoms with Gasteiger partial charge in [-0.15, -0.1) is 0 Å². The Hall–Kier alpha value is -2.04. The molecule has 15 heavy (non-hydrogen) atoms. The van der Waals surface area contributed by atoms with E-state index in [4.69, 9.17) is 10.5 Å². The molecule has 0 spiro atoms. The van der Waals surface area contributed by atoms with Gasteiger partial charge in [0.1, 0.15) is 18.2 Å². The van der Waals surface area contributed by atoms with Gasteiger partial charge in [-0.25, -0.2) is 9.37 Å². The lowest BCUT2D eigenvalue weighted by Gasteiger charge is -2.03. The highest BCUT2D eigenvalue weighted by Crippen LogP contribution is 2.12. The molecule has 1 heterocycles. The zero-order chi connectivity index (χ0) is 10.7. The van der Waals surface area contributed by atoms with Crippen molar-refractivity contribution in [2.24, 2.45) is 0 Å². The number of benzene rings is 1. The monoisotopic (exact) mass is 207 g/mol. The summed E-state index contributed by atoms with van der Waals surface area (Å²) in [4.78, 5) is 6.65. The average Bonchev–Trinajstić information content (AvgIpc) is 2.64. The van der Waals surface area contributed by atoms with Crippen molar-refractivity contribution in [1.82, 2.24) is 9.97 Å². The molecule has 0 aliphatic carbocycles. The molecule has 0 aliphatic heterocycles. The number of imidazole rings is 1. The zero-order valence-corrected chi connectivity index (χ0v) is 7.90. The van der Waals surface area contributed by atoms with Crippen LogP contribution >= 0.6 is 0 Å². The maximum absolute atomic E-state index is 12.6. The number of nitrogens with two attached hydrogens (primary N) is 1. The molecular formula is C10H10FN3O. The van der Waals surface area contributed by atoms with Crippen molar-refractivity contribution < 1.29 is 9.13 Å². The summed E-state index contributed by atoms with van der Waals surface area (Å²) < 4.78 is 17.9. The van der Waals surface area contributed by atoms with Gasteiger partial charge in [0.2, 0.25) is 0 Å². The van der Waals surface area contributed by atoms with Crippen LogP contribution in [-0.4, -0.2) is 9.97 Å². The van der Waals surface area contributed by atoms with E-state index in [1.165, 1.54) is 12.1 Å². The lowest BCUT2D eigenvalue weighted by molar-refractivity contribution is 0.301. The lowest BCUT2D eigenvalue weighted by atomic mass is 10.3. The van der Waals surface area contributed by atoms with Gasteiger partial charge >= 0.3 is 0 Å². The highest BCUT2D eigenvalue weighted by Gasteiger charge is 1.99. The first kappa shape index (κ1) is 9.51. The van der Waals surface area contributed by atoms with E-state index in [9.17, 15) is 4.39 Å². The summed E-state index contributed by atoms with van der Waals surface area (Å²) in [5.74, 6) is 0.672. The minimum absolute atomic E-state index is 0.284. The van der Waals surface area contributed by atoms with Crippen LogP contribution in [0.2, 0.25) is 0 Å². The van der Waals surface area contributed by atoms with Gasteiger partial charge in [-0.05, 0) is 24.3 Å². The Morgan fingerprint density at radius 3 is 2.67 bits per heavy atom. The summed E-state index contributed by atoms with van der Waals surface area (Å²) in [7, 11) is 0. The third kappa shape index (κ3) is 2.46. The Kier molecular flexibility index (Phi) is 2.53. The number of rotatable bonds is 3. The first-order valence-corrected chi connectivity index (χ1v) is 4.42. The third-order valence-electron chi connectivity index (χ3n) is 1.86. The quantitative estimate of drug-likeness (QED) is 0.805. The van der Waals surface area contributed by atoms with Gasteiger partial charge in [0.15, 0.2) is 5.95 Å². The van der Waals surface area contributed by atoms with Crippen LogP contribution in [0, 0.1) is 5.82 Å². The molecule has 1 aromatic carbocycles. The molecule has 3 N–H and O–H groups in total. The Bertz CT molecular complexity index is 438. The molecule has 1 aromatic heterocycles. The number of hydrogen-bond acceptors (Lipinski definition) is 3. The predicted molar refractivity (Wildman–Crippen MR) is 53.7 cm³/mol. The molecular weight excluding hydrogens is 197 g/mol. The number of anilines is 1. The number of H-pyrrole nitrogens is 1. The van der Waals surface area contributed by atoms with Gasteiger partial charge in [0.25, 0.3) is 0 Å². The normalized spacial score (nSPS) is 10.2. The summed E-state index contributed by atoms with van der Waals surface area (Å²) in [6.45, 7) is 0.329. The molecule has 0 aliphatic rings. The topological polar surface area (TPSA) is 63.9 Å². The number of nitrogen functional groups attached to an aromatic ring is 1. The van der Waals surface area contributed by atoms with E-state index in [0.717, 1.165) is 5.69 Å². The highest BCUT2D eigenvalue weighted by molar-refractivity contribution is 5.23. The van der Waals surface area contributed by atoms with E-state index >= 15 is 0 Å². The van der Waals surface area contributed by atoms with Crippen molar-refractivity contribution in [3.05, 3.63) is 42.0 Å². The fourth-order valence-corrected chi connectivity index (χ4v) is 1.14. The van der Waals surface area contributed by atoms with Crippen LogP contribution in [0.4, 0.5) is 10.3 Å². The van der Waals surface area contributed by atoms with Crippen molar-refractivity contribution in [2.75, 3.05) is 5.73 Å². The lowest BCUT2D eigenvalue weighted by Crippen LogP contribution is -1.96. The molecule has 0 amide bonds. The summed E-state index contributed by atoms with van der Waals surface area (Å²) in [5.41, 5.74) is 6.17. The number of halogens is 1. The van der Waals surface area contributed by atoms with Gasteiger partial charge in [-0.2, -0.15) is 0 Å². The standard InChI is InChI=1S/C10H10FN3O/c11-7-1-3-9(4-2-7)15-6-8-5-13-10(12)14-8/h1-5H,6H2,(H3,12,13,14). The highest BCUT2D eigenvalue weighted by atomic mass is 19.1. The maximum Gasteiger partial charge on any atom is 0.197 e. The smallest absolute Gasteiger partial charge is 0.197 e. The second-order valence-electron chi connectivity index (χ2n) is 3.04. The molecule has 4 nitrogen and oxygen atoms in total. The third-order valence-corrected chi connectivity index (χ3v) is 1.86.